The molecule has 0 bridgehead atoms. The number of morpholine rings is 1. The molecule has 2 aliphatic heterocycles. The Kier molecular flexibility index (Phi) is 9.44. The summed E-state index contributed by atoms with van der Waals surface area (Å²) >= 11 is 7.83. The van der Waals surface area contributed by atoms with Crippen molar-refractivity contribution in [1.29, 1.82) is 0 Å². The smallest absolute Gasteiger partial charge is 0.338 e. The first-order chi connectivity index (χ1) is 18.3. The van der Waals surface area contributed by atoms with E-state index in [1.54, 1.807) is 25.1 Å². The second-order valence-electron chi connectivity index (χ2n) is 8.91. The fourth-order valence-electron chi connectivity index (χ4n) is 4.49. The Labute approximate surface area is 228 Å². The van der Waals surface area contributed by atoms with Gasteiger partial charge in [-0.1, -0.05) is 17.7 Å². The number of aromatic nitrogens is 1. The number of hydrogen-bond donors (Lipinski definition) is 2. The molecule has 204 valence electrons. The maximum Gasteiger partial charge on any atom is 0.338 e. The number of nitrogens with zero attached hydrogens (tertiary/aromatic N) is 4. The molecule has 4 rings (SSSR count). The van der Waals surface area contributed by atoms with Crippen molar-refractivity contribution in [2.24, 2.45) is 4.99 Å². The molecule has 1 aromatic heterocycles. The molecular weight excluding hydrogens is 537 g/mol. The Morgan fingerprint density at radius 3 is 2.92 bits per heavy atom. The maximum atomic E-state index is 13.9. The quantitative estimate of drug-likeness (QED) is 0.419. The number of likely N-dealkylation sites (N-methyl/N-ethyl adjacent to an activating group) is 1. The number of carboxylic acids is 1. The summed E-state index contributed by atoms with van der Waals surface area (Å²) in [5.41, 5.74) is 1.29. The molecule has 2 N–H and O–H groups in total. The molecule has 1 saturated heterocycles. The van der Waals surface area contributed by atoms with Gasteiger partial charge >= 0.3 is 11.9 Å². The number of carbonyl (C=O) groups is 2. The van der Waals surface area contributed by atoms with Gasteiger partial charge in [0.1, 0.15) is 11.9 Å². The summed E-state index contributed by atoms with van der Waals surface area (Å²) in [6, 6.07) is 3.01. The van der Waals surface area contributed by atoms with Gasteiger partial charge in [-0.05, 0) is 26.1 Å². The molecule has 2 aliphatic rings. The van der Waals surface area contributed by atoms with Crippen LogP contribution in [0.15, 0.2) is 46.0 Å². The highest BCUT2D eigenvalue weighted by atomic mass is 35.5. The molecule has 0 saturated carbocycles. The van der Waals surface area contributed by atoms with E-state index in [4.69, 9.17) is 26.1 Å². The second kappa shape index (κ2) is 12.8. The fraction of sp³-hybridized carbons (Fsp3) is 0.440. The number of amidine groups is 1. The predicted octanol–water partition coefficient (Wildman–Crippen LogP) is 2.56. The molecule has 1 fully saturated rings. The zero-order valence-corrected chi connectivity index (χ0v) is 22.6. The van der Waals surface area contributed by atoms with Crippen LogP contribution in [0.5, 0.6) is 0 Å². The van der Waals surface area contributed by atoms with Gasteiger partial charge in [-0.3, -0.25) is 19.6 Å². The Morgan fingerprint density at radius 1 is 1.42 bits per heavy atom. The average molecular weight is 566 g/mol. The lowest BCUT2D eigenvalue weighted by Gasteiger charge is -2.39. The monoisotopic (exact) mass is 565 g/mol. The van der Waals surface area contributed by atoms with Crippen LogP contribution in [0, 0.1) is 5.82 Å². The minimum Gasteiger partial charge on any atom is -0.480 e. The number of benzene rings is 1. The highest BCUT2D eigenvalue weighted by Crippen LogP contribution is 2.37. The molecule has 2 aromatic rings. The topological polar surface area (TPSA) is 117 Å². The number of hydrogen-bond acceptors (Lipinski definition) is 10. The number of aliphatic carboxylic acids is 1. The first kappa shape index (κ1) is 28.1. The zero-order chi connectivity index (χ0) is 27.2. The standard InChI is InChI=1S/C25H29ClFN5O5S/c1-3-37-25(35)21-19(12-32-7-8-36-14-16(32)11-31(2)13-20(33)34)29-23(24-28-6-9-38-24)30-22(21)17-5-4-15(27)10-18(17)26/h4-6,9-10,16,22H,3,7-8,11-14H2,1-2H3,(H,29,30)(H,33,34)/t16?,22-/m0/s1. The molecule has 0 spiro atoms. The van der Waals surface area contributed by atoms with Crippen LogP contribution >= 0.6 is 22.9 Å². The maximum absolute atomic E-state index is 13.9. The van der Waals surface area contributed by atoms with Crippen LogP contribution < -0.4 is 5.32 Å². The van der Waals surface area contributed by atoms with Crippen molar-refractivity contribution in [1.82, 2.24) is 20.1 Å². The minimum absolute atomic E-state index is 0.106. The first-order valence-corrected chi connectivity index (χ1v) is 13.3. The van der Waals surface area contributed by atoms with Crippen molar-refractivity contribution in [2.45, 2.75) is 19.0 Å². The lowest BCUT2D eigenvalue weighted by Crippen LogP contribution is -2.53. The lowest BCUT2D eigenvalue weighted by molar-refractivity contribution is -0.139. The van der Waals surface area contributed by atoms with Gasteiger partial charge in [-0.15, -0.1) is 11.3 Å². The molecule has 0 aliphatic carbocycles. The summed E-state index contributed by atoms with van der Waals surface area (Å²) in [6.45, 7) is 3.99. The molecule has 38 heavy (non-hydrogen) atoms. The summed E-state index contributed by atoms with van der Waals surface area (Å²) in [4.78, 5) is 37.5. The van der Waals surface area contributed by atoms with Crippen LogP contribution in [-0.2, 0) is 19.1 Å². The summed E-state index contributed by atoms with van der Waals surface area (Å²) in [7, 11) is 1.74. The van der Waals surface area contributed by atoms with Gasteiger partial charge in [0.2, 0.25) is 0 Å². The molecule has 0 radical (unpaired) electrons. The van der Waals surface area contributed by atoms with Crippen LogP contribution in [0.1, 0.15) is 23.5 Å². The molecule has 13 heteroatoms. The van der Waals surface area contributed by atoms with Crippen LogP contribution in [0.25, 0.3) is 0 Å². The SMILES string of the molecule is CCOC(=O)C1=C(CN2CCOCC2CN(C)CC(=O)O)NC(c2nccs2)=N[C@H]1c1ccc(F)cc1Cl. The summed E-state index contributed by atoms with van der Waals surface area (Å²) in [6.07, 6.45) is 1.66. The summed E-state index contributed by atoms with van der Waals surface area (Å²) < 4.78 is 25.0. The van der Waals surface area contributed by atoms with Crippen molar-refractivity contribution in [3.05, 3.63) is 62.5 Å². The van der Waals surface area contributed by atoms with E-state index in [0.29, 0.717) is 55.0 Å². The van der Waals surface area contributed by atoms with E-state index < -0.39 is 23.8 Å². The molecular formula is C25H29ClFN5O5S. The van der Waals surface area contributed by atoms with Gasteiger partial charge in [0.05, 0.1) is 31.9 Å². The number of thiazole rings is 1. The second-order valence-corrected chi connectivity index (χ2v) is 10.2. The zero-order valence-electron chi connectivity index (χ0n) is 21.0. The van der Waals surface area contributed by atoms with E-state index in [-0.39, 0.29) is 29.8 Å². The molecule has 2 atom stereocenters. The number of esters is 1. The third kappa shape index (κ3) is 6.75. The molecule has 0 amide bonds. The number of carboxylic acid groups (broad SMARTS) is 1. The summed E-state index contributed by atoms with van der Waals surface area (Å²) in [5, 5.41) is 15.1. The van der Waals surface area contributed by atoms with Crippen molar-refractivity contribution < 1.29 is 28.6 Å². The highest BCUT2D eigenvalue weighted by Gasteiger charge is 2.36. The number of nitrogens with one attached hydrogen (secondary N) is 1. The third-order valence-corrected chi connectivity index (χ3v) is 7.26. The van der Waals surface area contributed by atoms with E-state index in [1.165, 1.54) is 29.5 Å². The summed E-state index contributed by atoms with van der Waals surface area (Å²) in [5.74, 6) is -1.52. The van der Waals surface area contributed by atoms with Gasteiger partial charge in [0, 0.05) is 53.5 Å². The Balaban J connectivity index is 1.75. The number of aliphatic imine (C=N–C) groups is 1. The number of rotatable bonds is 10. The van der Waals surface area contributed by atoms with Crippen molar-refractivity contribution >= 4 is 40.7 Å². The van der Waals surface area contributed by atoms with Gasteiger partial charge in [0.25, 0.3) is 0 Å². The minimum atomic E-state index is -0.916. The number of halogens is 2. The average Bonchev–Trinajstić information content (AvgIpc) is 3.40. The van der Waals surface area contributed by atoms with Gasteiger partial charge in [-0.2, -0.15) is 0 Å². The molecule has 1 aromatic carbocycles. The Hall–Kier alpha value is -2.90. The van der Waals surface area contributed by atoms with Crippen LogP contribution in [0.4, 0.5) is 4.39 Å². The Morgan fingerprint density at radius 2 is 2.24 bits per heavy atom. The molecule has 1 unspecified atom stereocenters. The predicted molar refractivity (Wildman–Crippen MR) is 141 cm³/mol. The third-order valence-electron chi connectivity index (χ3n) is 6.15. The highest BCUT2D eigenvalue weighted by molar-refractivity contribution is 7.11. The van der Waals surface area contributed by atoms with E-state index >= 15 is 0 Å². The van der Waals surface area contributed by atoms with Gasteiger partial charge < -0.3 is 19.9 Å². The molecule has 10 nitrogen and oxygen atoms in total. The van der Waals surface area contributed by atoms with Crippen LogP contribution in [-0.4, -0.2) is 96.8 Å². The number of carbonyl (C=O) groups excluding carboxylic acids is 1. The fourth-order valence-corrected chi connectivity index (χ4v) is 5.35. The van der Waals surface area contributed by atoms with Crippen molar-refractivity contribution in [2.75, 3.05) is 53.0 Å². The van der Waals surface area contributed by atoms with Gasteiger partial charge in [-0.25, -0.2) is 14.2 Å². The van der Waals surface area contributed by atoms with Crippen LogP contribution in [0.2, 0.25) is 5.02 Å². The lowest BCUT2D eigenvalue weighted by atomic mass is 9.95. The van der Waals surface area contributed by atoms with Crippen molar-refractivity contribution in [3.63, 3.8) is 0 Å². The van der Waals surface area contributed by atoms with E-state index in [1.807, 2.05) is 5.38 Å². The van der Waals surface area contributed by atoms with Gasteiger partial charge in [0.15, 0.2) is 10.8 Å². The van der Waals surface area contributed by atoms with E-state index in [9.17, 15) is 19.1 Å². The van der Waals surface area contributed by atoms with E-state index in [2.05, 4.69) is 15.2 Å². The van der Waals surface area contributed by atoms with Crippen molar-refractivity contribution in [3.8, 4) is 0 Å². The number of ether oxygens (including phenoxy) is 2. The van der Waals surface area contributed by atoms with Crippen LogP contribution in [0.3, 0.4) is 0 Å². The largest absolute Gasteiger partial charge is 0.480 e. The molecule has 3 heterocycles. The first-order valence-electron chi connectivity index (χ1n) is 12.1. The normalized spacial score (nSPS) is 20.3. The van der Waals surface area contributed by atoms with E-state index in [0.717, 1.165) is 0 Å². The Bertz CT molecular complexity index is 1220.